The molecule has 0 aromatic heterocycles. The van der Waals surface area contributed by atoms with Crippen LogP contribution in [0.15, 0.2) is 23.1 Å². The largest absolute Gasteiger partial charge is 0.369 e. The van der Waals surface area contributed by atoms with Crippen LogP contribution in [0.25, 0.3) is 0 Å². The predicted octanol–water partition coefficient (Wildman–Crippen LogP) is 4.87. The molecule has 5 nitrogen and oxygen atoms in total. The molecule has 2 bridgehead atoms. The fourth-order valence-electron chi connectivity index (χ4n) is 6.56. The molecule has 1 aromatic carbocycles. The number of carbonyl (C=O) groups is 2. The minimum Gasteiger partial charge on any atom is -0.369 e. The van der Waals surface area contributed by atoms with Gasteiger partial charge in [-0.05, 0) is 92.8 Å². The van der Waals surface area contributed by atoms with E-state index in [1.165, 1.54) is 18.0 Å². The van der Waals surface area contributed by atoms with E-state index in [1.54, 1.807) is 13.0 Å². The van der Waals surface area contributed by atoms with Crippen LogP contribution in [-0.4, -0.2) is 23.4 Å². The fourth-order valence-corrected chi connectivity index (χ4v) is 7.47. The quantitative estimate of drug-likeness (QED) is 0.513. The molecule has 2 amide bonds. The van der Waals surface area contributed by atoms with Crippen LogP contribution < -0.4 is 15.8 Å². The second-order valence-electron chi connectivity index (χ2n) is 11.2. The van der Waals surface area contributed by atoms with Gasteiger partial charge in [-0.15, -0.1) is 0 Å². The van der Waals surface area contributed by atoms with Crippen molar-refractivity contribution in [1.29, 1.82) is 0 Å². The van der Waals surface area contributed by atoms with Crippen molar-refractivity contribution in [2.24, 2.45) is 28.9 Å². The molecule has 4 rings (SSSR count). The monoisotopic (exact) mass is 475 g/mol. The molecular formula is C26H38FN3O2S. The Labute approximate surface area is 201 Å². The summed E-state index contributed by atoms with van der Waals surface area (Å²) in [5.41, 5.74) is 5.24. The van der Waals surface area contributed by atoms with Gasteiger partial charge in [0.25, 0.3) is 0 Å². The van der Waals surface area contributed by atoms with Crippen LogP contribution in [0, 0.1) is 35.9 Å². The molecule has 0 saturated heterocycles. The van der Waals surface area contributed by atoms with E-state index in [-0.39, 0.29) is 29.6 Å². The first-order valence-electron chi connectivity index (χ1n) is 12.4. The zero-order chi connectivity index (χ0) is 23.8. The molecule has 33 heavy (non-hydrogen) atoms. The standard InChI is InChI=1S/C26H38FN3O2S/c1-16-7-8-20(13-21(16)27)33-30-26(9-5-4-6-10-26)24(32)29-22-17(2)11-18-12-19(22)15-25(3,14-18)23(28)31/h7-8,13,17-19,22,30H,4-6,9-12,14-15H2,1-3H3,(H2,28,31)(H,29,32). The van der Waals surface area contributed by atoms with Gasteiger partial charge in [-0.3, -0.25) is 9.59 Å². The van der Waals surface area contributed by atoms with Crippen molar-refractivity contribution < 1.29 is 14.0 Å². The van der Waals surface area contributed by atoms with Crippen molar-refractivity contribution in [2.75, 3.05) is 0 Å². The highest BCUT2D eigenvalue weighted by molar-refractivity contribution is 7.97. The molecule has 3 aliphatic rings. The van der Waals surface area contributed by atoms with E-state index in [0.29, 0.717) is 17.4 Å². The molecular weight excluding hydrogens is 437 g/mol. The van der Waals surface area contributed by atoms with Crippen LogP contribution in [0.3, 0.4) is 0 Å². The Morgan fingerprint density at radius 2 is 1.88 bits per heavy atom. The lowest BCUT2D eigenvalue weighted by Crippen LogP contribution is -2.61. The molecule has 7 heteroatoms. The highest BCUT2D eigenvalue weighted by Crippen LogP contribution is 2.50. The van der Waals surface area contributed by atoms with Crippen molar-refractivity contribution in [3.8, 4) is 0 Å². The number of halogens is 1. The van der Waals surface area contributed by atoms with E-state index in [1.807, 2.05) is 13.0 Å². The van der Waals surface area contributed by atoms with E-state index in [0.717, 1.165) is 62.7 Å². The van der Waals surface area contributed by atoms with Gasteiger partial charge in [0, 0.05) is 16.4 Å². The lowest BCUT2D eigenvalue weighted by atomic mass is 9.57. The number of fused-ring (bicyclic) bond motifs is 2. The third-order valence-electron chi connectivity index (χ3n) is 8.46. The molecule has 0 radical (unpaired) electrons. The fraction of sp³-hybridized carbons (Fsp3) is 0.692. The van der Waals surface area contributed by atoms with Gasteiger partial charge in [0.15, 0.2) is 0 Å². The maximum absolute atomic E-state index is 14.0. The number of benzene rings is 1. The topological polar surface area (TPSA) is 84.2 Å². The first-order valence-corrected chi connectivity index (χ1v) is 13.2. The second-order valence-corrected chi connectivity index (χ2v) is 12.0. The van der Waals surface area contributed by atoms with Gasteiger partial charge in [0.1, 0.15) is 11.4 Å². The molecule has 5 atom stereocenters. The summed E-state index contributed by atoms with van der Waals surface area (Å²) in [6.45, 7) is 5.96. The average Bonchev–Trinajstić information content (AvgIpc) is 2.77. The van der Waals surface area contributed by atoms with Crippen molar-refractivity contribution >= 4 is 23.8 Å². The van der Waals surface area contributed by atoms with Crippen LogP contribution in [0.4, 0.5) is 4.39 Å². The number of carbonyl (C=O) groups excluding carboxylic acids is 2. The summed E-state index contributed by atoms with van der Waals surface area (Å²) in [5, 5.41) is 3.43. The maximum Gasteiger partial charge on any atom is 0.241 e. The molecule has 3 fully saturated rings. The normalized spacial score (nSPS) is 33.3. The van der Waals surface area contributed by atoms with E-state index >= 15 is 0 Å². The zero-order valence-electron chi connectivity index (χ0n) is 20.1. The number of hydrogen-bond acceptors (Lipinski definition) is 4. The van der Waals surface area contributed by atoms with E-state index in [9.17, 15) is 14.0 Å². The number of nitrogens with two attached hydrogens (primary N) is 1. The number of primary amides is 1. The minimum absolute atomic E-state index is 0.0453. The van der Waals surface area contributed by atoms with Gasteiger partial charge in [-0.25, -0.2) is 9.11 Å². The van der Waals surface area contributed by atoms with Gasteiger partial charge in [0.05, 0.1) is 0 Å². The SMILES string of the molecule is Cc1ccc(SNC2(C(=O)NC3C(C)CC4CC3CC(C)(C(N)=O)C4)CCCCC2)cc1F. The van der Waals surface area contributed by atoms with Crippen molar-refractivity contribution in [2.45, 2.75) is 95.0 Å². The Morgan fingerprint density at radius 1 is 1.15 bits per heavy atom. The van der Waals surface area contributed by atoms with E-state index in [2.05, 4.69) is 17.0 Å². The van der Waals surface area contributed by atoms with Gasteiger partial charge >= 0.3 is 0 Å². The van der Waals surface area contributed by atoms with Crippen LogP contribution >= 0.6 is 11.9 Å². The molecule has 3 aliphatic carbocycles. The Morgan fingerprint density at radius 3 is 2.55 bits per heavy atom. The van der Waals surface area contributed by atoms with E-state index in [4.69, 9.17) is 5.73 Å². The molecule has 1 aromatic rings. The third-order valence-corrected chi connectivity index (χ3v) is 9.44. The van der Waals surface area contributed by atoms with Crippen LogP contribution in [0.5, 0.6) is 0 Å². The number of aryl methyl sites for hydroxylation is 1. The number of amides is 2. The number of nitrogens with one attached hydrogen (secondary N) is 2. The van der Waals surface area contributed by atoms with Crippen LogP contribution in [0.1, 0.15) is 77.2 Å². The molecule has 0 aliphatic heterocycles. The molecule has 4 N–H and O–H groups in total. The summed E-state index contributed by atoms with van der Waals surface area (Å²) in [7, 11) is 0. The molecule has 3 saturated carbocycles. The molecule has 0 heterocycles. The zero-order valence-corrected chi connectivity index (χ0v) is 20.9. The Bertz CT molecular complexity index is 902. The van der Waals surface area contributed by atoms with Gasteiger partial charge in [0.2, 0.25) is 11.8 Å². The maximum atomic E-state index is 14.0. The minimum atomic E-state index is -0.664. The summed E-state index contributed by atoms with van der Waals surface area (Å²) in [5.74, 6) is 0.735. The van der Waals surface area contributed by atoms with Crippen molar-refractivity contribution in [3.05, 3.63) is 29.6 Å². The van der Waals surface area contributed by atoms with Crippen molar-refractivity contribution in [1.82, 2.24) is 10.0 Å². The summed E-state index contributed by atoms with van der Waals surface area (Å²) >= 11 is 1.35. The van der Waals surface area contributed by atoms with Crippen molar-refractivity contribution in [3.63, 3.8) is 0 Å². The first kappa shape index (κ1) is 24.5. The first-order chi connectivity index (χ1) is 15.6. The number of rotatable bonds is 6. The molecule has 0 spiro atoms. The smallest absolute Gasteiger partial charge is 0.241 e. The third kappa shape index (κ3) is 5.09. The molecule has 5 unspecified atom stereocenters. The summed E-state index contributed by atoms with van der Waals surface area (Å²) in [6.07, 6.45) is 8.33. The lowest BCUT2D eigenvalue weighted by Gasteiger charge is -2.50. The average molecular weight is 476 g/mol. The number of hydrogen-bond donors (Lipinski definition) is 3. The predicted molar refractivity (Wildman–Crippen MR) is 130 cm³/mol. The van der Waals surface area contributed by atoms with Gasteiger partial charge in [-0.2, -0.15) is 0 Å². The van der Waals surface area contributed by atoms with Crippen LogP contribution in [-0.2, 0) is 9.59 Å². The molecule has 182 valence electrons. The highest BCUT2D eigenvalue weighted by atomic mass is 32.2. The van der Waals surface area contributed by atoms with Crippen LogP contribution in [0.2, 0.25) is 0 Å². The lowest BCUT2D eigenvalue weighted by molar-refractivity contribution is -0.134. The highest BCUT2D eigenvalue weighted by Gasteiger charge is 2.50. The van der Waals surface area contributed by atoms with E-state index < -0.39 is 11.0 Å². The summed E-state index contributed by atoms with van der Waals surface area (Å²) in [6, 6.07) is 5.24. The van der Waals surface area contributed by atoms with Gasteiger partial charge in [-0.1, -0.05) is 39.2 Å². The Hall–Kier alpha value is -1.60. The Kier molecular flexibility index (Phi) is 7.11. The summed E-state index contributed by atoms with van der Waals surface area (Å²) < 4.78 is 17.5. The Balaban J connectivity index is 1.49. The second kappa shape index (κ2) is 9.57. The van der Waals surface area contributed by atoms with Gasteiger partial charge < -0.3 is 11.1 Å². The summed E-state index contributed by atoms with van der Waals surface area (Å²) in [4.78, 5) is 26.7.